The van der Waals surface area contributed by atoms with E-state index in [1.54, 1.807) is 32.0 Å². The van der Waals surface area contributed by atoms with Gasteiger partial charge >= 0.3 is 0 Å². The zero-order chi connectivity index (χ0) is 28.0. The lowest BCUT2D eigenvalue weighted by atomic mass is 10.1. The summed E-state index contributed by atoms with van der Waals surface area (Å²) in [5.74, 6) is -0.915. The van der Waals surface area contributed by atoms with Crippen LogP contribution in [0.2, 0.25) is 10.0 Å². The van der Waals surface area contributed by atoms with Crippen LogP contribution in [0.25, 0.3) is 0 Å². The van der Waals surface area contributed by atoms with Crippen LogP contribution >= 0.6 is 23.2 Å². The molecule has 0 aromatic heterocycles. The highest BCUT2D eigenvalue weighted by molar-refractivity contribution is 7.92. The molecule has 202 valence electrons. The second-order valence-electron chi connectivity index (χ2n) is 8.92. The minimum Gasteiger partial charge on any atom is -0.355 e. The summed E-state index contributed by atoms with van der Waals surface area (Å²) in [6.07, 6.45) is 0. The Morgan fingerprint density at radius 3 is 2.24 bits per heavy atom. The molecule has 38 heavy (non-hydrogen) atoms. The molecule has 3 aromatic rings. The highest BCUT2D eigenvalue weighted by atomic mass is 35.5. The highest BCUT2D eigenvalue weighted by Crippen LogP contribution is 2.35. The van der Waals surface area contributed by atoms with Crippen molar-refractivity contribution in [2.45, 2.75) is 45.2 Å². The highest BCUT2D eigenvalue weighted by Gasteiger charge is 2.33. The number of rotatable bonds is 10. The molecule has 10 heteroatoms. The summed E-state index contributed by atoms with van der Waals surface area (Å²) in [7, 11) is -4.23. The molecular weight excluding hydrogens is 545 g/mol. The Morgan fingerprint density at radius 1 is 0.947 bits per heavy atom. The van der Waals surface area contributed by atoms with Crippen LogP contribution in [-0.2, 0) is 26.2 Å². The van der Waals surface area contributed by atoms with Gasteiger partial charge in [0, 0.05) is 13.1 Å². The van der Waals surface area contributed by atoms with Gasteiger partial charge in [-0.3, -0.25) is 13.9 Å². The second kappa shape index (κ2) is 12.7. The molecule has 0 aliphatic rings. The quantitative estimate of drug-likeness (QED) is 0.352. The third-order valence-corrected chi connectivity index (χ3v) is 8.79. The van der Waals surface area contributed by atoms with Gasteiger partial charge in [0.15, 0.2) is 0 Å². The van der Waals surface area contributed by atoms with E-state index in [1.165, 1.54) is 29.2 Å². The fraction of sp³-hybridized carbons (Fsp3) is 0.286. The first-order chi connectivity index (χ1) is 18.0. The number of carbonyl (C=O) groups is 2. The number of nitrogens with zero attached hydrogens (tertiary/aromatic N) is 2. The van der Waals surface area contributed by atoms with Crippen molar-refractivity contribution in [2.75, 3.05) is 17.4 Å². The van der Waals surface area contributed by atoms with Crippen molar-refractivity contribution < 1.29 is 18.0 Å². The van der Waals surface area contributed by atoms with Crippen molar-refractivity contribution >= 4 is 50.7 Å². The molecule has 0 saturated carbocycles. The summed E-state index contributed by atoms with van der Waals surface area (Å²) in [6.45, 7) is 7.08. The molecule has 0 fully saturated rings. The Hall–Kier alpha value is -3.07. The van der Waals surface area contributed by atoms with Gasteiger partial charge in [-0.15, -0.1) is 0 Å². The monoisotopic (exact) mass is 575 g/mol. The first-order valence-corrected chi connectivity index (χ1v) is 14.3. The minimum atomic E-state index is -4.23. The van der Waals surface area contributed by atoms with Gasteiger partial charge in [0.2, 0.25) is 11.8 Å². The van der Waals surface area contributed by atoms with Crippen LogP contribution in [0, 0.1) is 13.8 Å². The van der Waals surface area contributed by atoms with Crippen LogP contribution in [0.5, 0.6) is 0 Å². The number of carbonyl (C=O) groups excluding carboxylic acids is 2. The van der Waals surface area contributed by atoms with E-state index >= 15 is 0 Å². The fourth-order valence-electron chi connectivity index (χ4n) is 3.91. The molecule has 0 spiro atoms. The van der Waals surface area contributed by atoms with E-state index in [-0.39, 0.29) is 33.1 Å². The van der Waals surface area contributed by atoms with Crippen LogP contribution in [0.15, 0.2) is 71.6 Å². The van der Waals surface area contributed by atoms with Gasteiger partial charge in [0.1, 0.15) is 12.6 Å². The standard InChI is InChI=1S/C28H31Cl2N3O4S/c1-5-31-28(35)21(4)32(17-22-10-7-6-9-20(22)3)26(34)18-33(25-12-8-11-24(29)27(25)30)38(36,37)23-15-13-19(2)14-16-23/h6-16,21H,5,17-18H2,1-4H3,(H,31,35)/t21-/m1/s1. The topological polar surface area (TPSA) is 86.8 Å². The lowest BCUT2D eigenvalue weighted by Gasteiger charge is -2.32. The molecule has 0 radical (unpaired) electrons. The molecule has 3 rings (SSSR count). The Balaban J connectivity index is 2.09. The van der Waals surface area contributed by atoms with Gasteiger partial charge < -0.3 is 10.2 Å². The Labute approximate surface area is 234 Å². The van der Waals surface area contributed by atoms with Crippen molar-refractivity contribution in [3.05, 3.63) is 93.5 Å². The Kier molecular flexibility index (Phi) is 9.82. The molecule has 7 nitrogen and oxygen atoms in total. The fourth-order valence-corrected chi connectivity index (χ4v) is 5.79. The molecule has 0 saturated heterocycles. The van der Waals surface area contributed by atoms with Gasteiger partial charge in [-0.25, -0.2) is 8.42 Å². The van der Waals surface area contributed by atoms with E-state index in [2.05, 4.69) is 5.32 Å². The van der Waals surface area contributed by atoms with Crippen molar-refractivity contribution in [3.63, 3.8) is 0 Å². The number of hydrogen-bond acceptors (Lipinski definition) is 4. The van der Waals surface area contributed by atoms with Crippen LogP contribution in [0.3, 0.4) is 0 Å². The maximum Gasteiger partial charge on any atom is 0.264 e. The van der Waals surface area contributed by atoms with Crippen LogP contribution in [0.1, 0.15) is 30.5 Å². The molecule has 0 aliphatic heterocycles. The summed E-state index contributed by atoms with van der Waals surface area (Å²) >= 11 is 12.7. The van der Waals surface area contributed by atoms with Crippen LogP contribution in [-0.4, -0.2) is 44.3 Å². The summed E-state index contributed by atoms with van der Waals surface area (Å²) in [5, 5.41) is 2.89. The third-order valence-electron chi connectivity index (χ3n) is 6.21. The van der Waals surface area contributed by atoms with E-state index in [1.807, 2.05) is 38.1 Å². The van der Waals surface area contributed by atoms with E-state index in [0.717, 1.165) is 21.0 Å². The maximum absolute atomic E-state index is 13.9. The lowest BCUT2D eigenvalue weighted by Crippen LogP contribution is -2.51. The van der Waals surface area contributed by atoms with E-state index in [0.29, 0.717) is 6.54 Å². The second-order valence-corrected chi connectivity index (χ2v) is 11.6. The van der Waals surface area contributed by atoms with E-state index < -0.39 is 28.5 Å². The molecule has 0 unspecified atom stereocenters. The van der Waals surface area contributed by atoms with Gasteiger partial charge in [-0.2, -0.15) is 0 Å². The average Bonchev–Trinajstić information content (AvgIpc) is 2.88. The third kappa shape index (κ3) is 6.67. The molecule has 1 N–H and O–H groups in total. The Bertz CT molecular complexity index is 1410. The van der Waals surface area contributed by atoms with Crippen LogP contribution in [0.4, 0.5) is 5.69 Å². The molecule has 0 aliphatic carbocycles. The molecule has 0 heterocycles. The first-order valence-electron chi connectivity index (χ1n) is 12.1. The predicted molar refractivity (Wildman–Crippen MR) is 152 cm³/mol. The van der Waals surface area contributed by atoms with Crippen molar-refractivity contribution in [1.29, 1.82) is 0 Å². The summed E-state index contributed by atoms with van der Waals surface area (Å²) in [5.41, 5.74) is 2.73. The number of halogens is 2. The smallest absolute Gasteiger partial charge is 0.264 e. The van der Waals surface area contributed by atoms with Gasteiger partial charge in [0.05, 0.1) is 20.6 Å². The maximum atomic E-state index is 13.9. The largest absolute Gasteiger partial charge is 0.355 e. The summed E-state index contributed by atoms with van der Waals surface area (Å²) < 4.78 is 28.7. The van der Waals surface area contributed by atoms with Crippen molar-refractivity contribution in [3.8, 4) is 0 Å². The van der Waals surface area contributed by atoms with Crippen molar-refractivity contribution in [1.82, 2.24) is 10.2 Å². The number of sulfonamides is 1. The molecular formula is C28H31Cl2N3O4S. The van der Waals surface area contributed by atoms with E-state index in [9.17, 15) is 18.0 Å². The first kappa shape index (κ1) is 29.5. The van der Waals surface area contributed by atoms with Gasteiger partial charge in [-0.1, -0.05) is 71.2 Å². The zero-order valence-corrected chi connectivity index (χ0v) is 24.1. The molecule has 1 atom stereocenters. The summed E-state index contributed by atoms with van der Waals surface area (Å²) in [6, 6.07) is 17.5. The SMILES string of the molecule is CCNC(=O)[C@@H](C)N(Cc1ccccc1C)C(=O)CN(c1cccc(Cl)c1Cl)S(=O)(=O)c1ccc(C)cc1. The number of anilines is 1. The number of benzene rings is 3. The predicted octanol–water partition coefficient (Wildman–Crippen LogP) is 5.36. The van der Waals surface area contributed by atoms with E-state index in [4.69, 9.17) is 23.2 Å². The minimum absolute atomic E-state index is 0.000110. The number of likely N-dealkylation sites (N-methyl/N-ethyl adjacent to an activating group) is 1. The lowest BCUT2D eigenvalue weighted by molar-refractivity contribution is -0.139. The summed E-state index contributed by atoms with van der Waals surface area (Å²) in [4.78, 5) is 28.1. The molecule has 2 amide bonds. The number of hydrogen-bond donors (Lipinski definition) is 1. The zero-order valence-electron chi connectivity index (χ0n) is 21.7. The number of aryl methyl sites for hydroxylation is 2. The van der Waals surface area contributed by atoms with Gasteiger partial charge in [0.25, 0.3) is 10.0 Å². The normalized spacial score (nSPS) is 12.1. The number of nitrogens with one attached hydrogen (secondary N) is 1. The number of amides is 2. The molecule has 0 bridgehead atoms. The van der Waals surface area contributed by atoms with Crippen LogP contribution < -0.4 is 9.62 Å². The Morgan fingerprint density at radius 2 is 1.61 bits per heavy atom. The average molecular weight is 577 g/mol. The van der Waals surface area contributed by atoms with Gasteiger partial charge in [-0.05, 0) is 63.1 Å². The van der Waals surface area contributed by atoms with Crippen molar-refractivity contribution in [2.24, 2.45) is 0 Å². The molecule has 3 aromatic carbocycles.